The van der Waals surface area contributed by atoms with Gasteiger partial charge in [0.25, 0.3) is 0 Å². The van der Waals surface area contributed by atoms with Gasteiger partial charge in [-0.15, -0.1) is 6.58 Å². The lowest BCUT2D eigenvalue weighted by Crippen LogP contribution is -2.26. The second kappa shape index (κ2) is 6.03. The first-order valence-electron chi connectivity index (χ1n) is 4.89. The summed E-state index contributed by atoms with van der Waals surface area (Å²) in [4.78, 5) is 0. The van der Waals surface area contributed by atoms with Crippen LogP contribution in [0, 0.1) is 5.82 Å². The minimum atomic E-state index is -0.213. The van der Waals surface area contributed by atoms with Crippen LogP contribution in [0.5, 0.6) is 0 Å². The van der Waals surface area contributed by atoms with E-state index in [-0.39, 0.29) is 5.82 Å². The van der Waals surface area contributed by atoms with E-state index in [4.69, 9.17) is 0 Å². The minimum absolute atomic E-state index is 0.213. The van der Waals surface area contributed by atoms with Gasteiger partial charge in [0.15, 0.2) is 0 Å². The first kappa shape index (κ1) is 12.4. The van der Waals surface area contributed by atoms with E-state index in [2.05, 4.69) is 27.8 Å². The Labute approximate surface area is 98.5 Å². The van der Waals surface area contributed by atoms with E-state index in [1.54, 1.807) is 0 Å². The summed E-state index contributed by atoms with van der Waals surface area (Å²) in [5.41, 5.74) is 1.11. The van der Waals surface area contributed by atoms with Gasteiger partial charge < -0.3 is 5.32 Å². The first-order valence-corrected chi connectivity index (χ1v) is 5.68. The van der Waals surface area contributed by atoms with Crippen LogP contribution in [0.4, 0.5) is 4.39 Å². The van der Waals surface area contributed by atoms with Crippen molar-refractivity contribution in [2.75, 3.05) is 7.05 Å². The maximum Gasteiger partial charge on any atom is 0.124 e. The number of nitrogens with one attached hydrogen (secondary N) is 1. The Hall–Kier alpha value is -0.670. The molecule has 1 atom stereocenters. The van der Waals surface area contributed by atoms with Crippen LogP contribution in [0.25, 0.3) is 0 Å². The molecule has 1 unspecified atom stereocenters. The molecule has 0 saturated carbocycles. The summed E-state index contributed by atoms with van der Waals surface area (Å²) < 4.78 is 13.7. The van der Waals surface area contributed by atoms with Crippen LogP contribution in [-0.2, 0) is 6.42 Å². The van der Waals surface area contributed by atoms with Gasteiger partial charge in [-0.25, -0.2) is 4.39 Å². The SMILES string of the molecule is C=CCC(Cc1ccc(F)cc1Br)NC. The summed E-state index contributed by atoms with van der Waals surface area (Å²) in [5, 5.41) is 3.21. The second-order valence-electron chi connectivity index (χ2n) is 3.45. The molecular weight excluding hydrogens is 257 g/mol. The van der Waals surface area contributed by atoms with Gasteiger partial charge in [0, 0.05) is 10.5 Å². The Morgan fingerprint density at radius 2 is 2.33 bits per heavy atom. The fraction of sp³-hybridized carbons (Fsp3) is 0.333. The van der Waals surface area contributed by atoms with Crippen LogP contribution in [-0.4, -0.2) is 13.1 Å². The molecule has 0 aliphatic carbocycles. The fourth-order valence-electron chi connectivity index (χ4n) is 1.46. The quantitative estimate of drug-likeness (QED) is 0.811. The van der Waals surface area contributed by atoms with Crippen molar-refractivity contribution in [1.29, 1.82) is 0 Å². The van der Waals surface area contributed by atoms with Crippen LogP contribution in [0.3, 0.4) is 0 Å². The molecule has 0 bridgehead atoms. The summed E-state index contributed by atoms with van der Waals surface area (Å²) in [6, 6.07) is 5.15. The molecule has 0 radical (unpaired) electrons. The predicted molar refractivity (Wildman–Crippen MR) is 65.5 cm³/mol. The molecule has 1 aromatic rings. The van der Waals surface area contributed by atoms with E-state index in [1.807, 2.05) is 19.2 Å². The van der Waals surface area contributed by atoms with E-state index in [1.165, 1.54) is 12.1 Å². The van der Waals surface area contributed by atoms with Crippen molar-refractivity contribution in [3.63, 3.8) is 0 Å². The predicted octanol–water partition coefficient (Wildman–Crippen LogP) is 3.29. The van der Waals surface area contributed by atoms with E-state index in [0.717, 1.165) is 22.9 Å². The Morgan fingerprint density at radius 3 is 2.87 bits per heavy atom. The highest BCUT2D eigenvalue weighted by Gasteiger charge is 2.08. The monoisotopic (exact) mass is 271 g/mol. The van der Waals surface area contributed by atoms with E-state index in [9.17, 15) is 4.39 Å². The molecule has 0 saturated heterocycles. The summed E-state index contributed by atoms with van der Waals surface area (Å²) in [6.45, 7) is 3.71. The lowest BCUT2D eigenvalue weighted by molar-refractivity contribution is 0.563. The molecule has 0 amide bonds. The summed E-state index contributed by atoms with van der Waals surface area (Å²) >= 11 is 3.36. The standard InChI is InChI=1S/C12H15BrFN/c1-3-4-11(15-2)7-9-5-6-10(14)8-12(9)13/h3,5-6,8,11,15H,1,4,7H2,2H3. The molecule has 1 aromatic carbocycles. The van der Waals surface area contributed by atoms with Crippen LogP contribution >= 0.6 is 15.9 Å². The minimum Gasteiger partial charge on any atom is -0.316 e. The van der Waals surface area contributed by atoms with Crippen molar-refractivity contribution in [3.05, 3.63) is 46.7 Å². The second-order valence-corrected chi connectivity index (χ2v) is 4.30. The highest BCUT2D eigenvalue weighted by atomic mass is 79.9. The van der Waals surface area contributed by atoms with Gasteiger partial charge in [-0.1, -0.05) is 28.1 Å². The first-order chi connectivity index (χ1) is 7.17. The zero-order valence-electron chi connectivity index (χ0n) is 8.76. The molecule has 0 aromatic heterocycles. The van der Waals surface area contributed by atoms with Crippen LogP contribution in [0.2, 0.25) is 0 Å². The highest BCUT2D eigenvalue weighted by molar-refractivity contribution is 9.10. The van der Waals surface area contributed by atoms with Crippen molar-refractivity contribution in [1.82, 2.24) is 5.32 Å². The van der Waals surface area contributed by atoms with Gasteiger partial charge in [0.05, 0.1) is 0 Å². The fourth-order valence-corrected chi connectivity index (χ4v) is 1.97. The number of benzene rings is 1. The lowest BCUT2D eigenvalue weighted by atomic mass is 10.0. The molecule has 0 aliphatic rings. The van der Waals surface area contributed by atoms with Gasteiger partial charge in [-0.2, -0.15) is 0 Å². The van der Waals surface area contributed by atoms with Crippen molar-refractivity contribution in [2.24, 2.45) is 0 Å². The van der Waals surface area contributed by atoms with E-state index in [0.29, 0.717) is 6.04 Å². The largest absolute Gasteiger partial charge is 0.316 e. The molecular formula is C12H15BrFN. The van der Waals surface area contributed by atoms with Gasteiger partial charge in [0.1, 0.15) is 5.82 Å². The number of halogens is 2. The maximum atomic E-state index is 12.9. The number of likely N-dealkylation sites (N-methyl/N-ethyl adjacent to an activating group) is 1. The van der Waals surface area contributed by atoms with E-state index >= 15 is 0 Å². The smallest absolute Gasteiger partial charge is 0.124 e. The summed E-state index contributed by atoms with van der Waals surface area (Å²) in [6.07, 6.45) is 3.66. The molecule has 0 fully saturated rings. The molecule has 0 heterocycles. The van der Waals surface area contributed by atoms with Crippen LogP contribution in [0.1, 0.15) is 12.0 Å². The Balaban J connectivity index is 2.74. The zero-order valence-corrected chi connectivity index (χ0v) is 10.3. The Morgan fingerprint density at radius 1 is 1.60 bits per heavy atom. The number of hydrogen-bond acceptors (Lipinski definition) is 1. The normalized spacial score (nSPS) is 12.5. The third-order valence-electron chi connectivity index (χ3n) is 2.34. The average Bonchev–Trinajstić information content (AvgIpc) is 2.21. The molecule has 1 N–H and O–H groups in total. The van der Waals surface area contributed by atoms with Gasteiger partial charge in [-0.05, 0) is 37.6 Å². The van der Waals surface area contributed by atoms with Crippen LogP contribution in [0.15, 0.2) is 35.3 Å². The molecule has 0 spiro atoms. The van der Waals surface area contributed by atoms with Gasteiger partial charge in [-0.3, -0.25) is 0 Å². The van der Waals surface area contributed by atoms with Crippen LogP contribution < -0.4 is 5.32 Å². The van der Waals surface area contributed by atoms with Gasteiger partial charge >= 0.3 is 0 Å². The zero-order chi connectivity index (χ0) is 11.3. The number of hydrogen-bond donors (Lipinski definition) is 1. The maximum absolute atomic E-state index is 12.9. The lowest BCUT2D eigenvalue weighted by Gasteiger charge is -2.15. The Bertz CT molecular complexity index is 338. The molecule has 0 aliphatic heterocycles. The highest BCUT2D eigenvalue weighted by Crippen LogP contribution is 2.20. The Kier molecular flexibility index (Phi) is 4.99. The molecule has 1 rings (SSSR count). The topological polar surface area (TPSA) is 12.0 Å². The molecule has 3 heteroatoms. The van der Waals surface area contributed by atoms with Crippen molar-refractivity contribution in [3.8, 4) is 0 Å². The van der Waals surface area contributed by atoms with Gasteiger partial charge in [0.2, 0.25) is 0 Å². The summed E-state index contributed by atoms with van der Waals surface area (Å²) in [7, 11) is 1.92. The summed E-state index contributed by atoms with van der Waals surface area (Å²) in [5.74, 6) is -0.213. The van der Waals surface area contributed by atoms with Crippen molar-refractivity contribution >= 4 is 15.9 Å². The molecule has 1 nitrogen and oxygen atoms in total. The van der Waals surface area contributed by atoms with Crippen molar-refractivity contribution < 1.29 is 4.39 Å². The van der Waals surface area contributed by atoms with Crippen molar-refractivity contribution in [2.45, 2.75) is 18.9 Å². The van der Waals surface area contributed by atoms with E-state index < -0.39 is 0 Å². The third kappa shape index (κ3) is 3.76. The molecule has 82 valence electrons. The third-order valence-corrected chi connectivity index (χ3v) is 3.08. The average molecular weight is 272 g/mol. The number of rotatable bonds is 5. The molecule has 15 heavy (non-hydrogen) atoms.